The Morgan fingerprint density at radius 2 is 0.512 bits per heavy atom. The van der Waals surface area contributed by atoms with E-state index >= 15 is 0 Å². The molecule has 0 spiro atoms. The van der Waals surface area contributed by atoms with Crippen molar-refractivity contribution in [3.05, 3.63) is 12.2 Å². The number of piperidine rings is 5. The fourth-order valence-electron chi connectivity index (χ4n) is 5.01. The van der Waals surface area contributed by atoms with E-state index < -0.39 is 0 Å². The van der Waals surface area contributed by atoms with Crippen LogP contribution in [0.15, 0.2) is 12.2 Å². The summed E-state index contributed by atoms with van der Waals surface area (Å²) in [5, 5.41) is 60.7. The van der Waals surface area contributed by atoms with Gasteiger partial charge in [0.05, 0.1) is 0 Å². The predicted octanol–water partition coefficient (Wildman–Crippen LogP) is 4.94. The molecule has 0 unspecified atom stereocenters. The van der Waals surface area contributed by atoms with E-state index in [4.69, 9.17) is 31.2 Å². The maximum atomic E-state index is 8.74. The van der Waals surface area contributed by atoms with E-state index in [0.717, 1.165) is 143 Å². The molecule has 6 heterocycles. The molecule has 0 aromatic rings. The van der Waals surface area contributed by atoms with Gasteiger partial charge in [0.2, 0.25) is 0 Å². The Balaban J connectivity index is 0.000000490. The monoisotopic (exact) mass is 662 g/mol. The zero-order valence-corrected chi connectivity index (χ0v) is 27.6. The normalized spacial score (nSPS) is 24.3. The Bertz CT molecular complexity index is 507. The molecule has 43 heavy (non-hydrogen) atoms. The molecule has 6 aliphatic rings. The van der Waals surface area contributed by atoms with Gasteiger partial charge in [-0.05, 0) is 70.6 Å². The van der Waals surface area contributed by atoms with Crippen LogP contribution in [0.2, 0.25) is 0 Å². The molecule has 12 nitrogen and oxygen atoms in total. The summed E-state index contributed by atoms with van der Waals surface area (Å²) < 4.78 is 0. The average molecular weight is 664 g/mol. The fraction of sp³-hybridized carbons (Fsp3) is 0.933. The Morgan fingerprint density at radius 3 is 0.605 bits per heavy atom. The van der Waals surface area contributed by atoms with Gasteiger partial charge in [0, 0.05) is 78.5 Å². The molecule has 13 heteroatoms. The van der Waals surface area contributed by atoms with Crippen LogP contribution in [0.25, 0.3) is 0 Å². The van der Waals surface area contributed by atoms with Crippen LogP contribution in [-0.4, -0.2) is 140 Å². The maximum Gasteiger partial charge on any atom is 2.00 e. The van der Waals surface area contributed by atoms with E-state index in [2.05, 4.69) is 6.08 Å². The first-order valence-electron chi connectivity index (χ1n) is 16.6. The van der Waals surface area contributed by atoms with Gasteiger partial charge in [-0.3, -0.25) is 0 Å². The van der Waals surface area contributed by atoms with Crippen molar-refractivity contribution in [3.63, 3.8) is 0 Å². The van der Waals surface area contributed by atoms with E-state index in [9.17, 15) is 0 Å². The molecule has 0 radical (unpaired) electrons. The molecule has 0 bridgehead atoms. The second kappa shape index (κ2) is 30.4. The van der Waals surface area contributed by atoms with Crippen LogP contribution >= 0.6 is 0 Å². The number of hydrogen-bond donors (Lipinski definition) is 6. The zero-order chi connectivity index (χ0) is 30.7. The number of rotatable bonds is 0. The molecular formula is C30H64N6NiO6+2. The fourth-order valence-corrected chi connectivity index (χ4v) is 5.01. The van der Waals surface area contributed by atoms with Crippen LogP contribution in [-0.2, 0) is 16.5 Å². The van der Waals surface area contributed by atoms with Crippen LogP contribution in [0.4, 0.5) is 0 Å². The first-order chi connectivity index (χ1) is 20.4. The third-order valence-electron chi connectivity index (χ3n) is 7.70. The Morgan fingerprint density at radius 1 is 0.279 bits per heavy atom. The summed E-state index contributed by atoms with van der Waals surface area (Å²) in [6.07, 6.45) is 23.1. The smallest absolute Gasteiger partial charge is 0.314 e. The van der Waals surface area contributed by atoms with E-state index in [-0.39, 0.29) is 16.5 Å². The third-order valence-corrected chi connectivity index (χ3v) is 7.70. The summed E-state index contributed by atoms with van der Waals surface area (Å²) in [4.78, 5) is 0. The average Bonchev–Trinajstić information content (AvgIpc) is 3.01. The van der Waals surface area contributed by atoms with Crippen molar-refractivity contribution in [3.8, 4) is 0 Å². The molecular weight excluding hydrogens is 599 g/mol. The number of hydroxylamine groups is 12. The van der Waals surface area contributed by atoms with Crippen molar-refractivity contribution >= 4 is 0 Å². The van der Waals surface area contributed by atoms with Crippen molar-refractivity contribution in [2.75, 3.05) is 78.5 Å². The molecule has 0 aromatic carbocycles. The van der Waals surface area contributed by atoms with E-state index in [1.807, 2.05) is 6.08 Å². The van der Waals surface area contributed by atoms with Gasteiger partial charge < -0.3 is 31.2 Å². The zero-order valence-electron chi connectivity index (χ0n) is 26.6. The van der Waals surface area contributed by atoms with Gasteiger partial charge in [-0.2, -0.15) is 30.4 Å². The minimum atomic E-state index is 0. The summed E-state index contributed by atoms with van der Waals surface area (Å²) in [6.45, 7) is 10.2. The molecule has 0 aromatic heterocycles. The topological polar surface area (TPSA) is 141 Å². The molecule has 0 amide bonds. The van der Waals surface area contributed by atoms with Gasteiger partial charge in [-0.15, -0.1) is 0 Å². The van der Waals surface area contributed by atoms with Crippen LogP contribution < -0.4 is 0 Å². The summed E-state index contributed by atoms with van der Waals surface area (Å²) in [6, 6.07) is 0. The van der Waals surface area contributed by atoms with E-state index in [1.165, 1.54) is 62.5 Å². The first-order valence-corrected chi connectivity index (χ1v) is 16.6. The van der Waals surface area contributed by atoms with Crippen LogP contribution in [0.5, 0.6) is 0 Å². The van der Waals surface area contributed by atoms with Gasteiger partial charge in [-0.25, -0.2) is 0 Å². The van der Waals surface area contributed by atoms with Gasteiger partial charge in [0.1, 0.15) is 0 Å². The van der Waals surface area contributed by atoms with Gasteiger partial charge in [-0.1, -0.05) is 44.3 Å². The Hall–Kier alpha value is -0.246. The quantitative estimate of drug-likeness (QED) is 0.155. The molecule has 5 fully saturated rings. The molecule has 5 saturated heterocycles. The second-order valence-electron chi connectivity index (χ2n) is 11.7. The molecule has 6 aliphatic heterocycles. The van der Waals surface area contributed by atoms with Crippen molar-refractivity contribution in [1.29, 1.82) is 0 Å². The van der Waals surface area contributed by atoms with Crippen molar-refractivity contribution < 1.29 is 47.7 Å². The summed E-state index contributed by atoms with van der Waals surface area (Å²) in [7, 11) is 0. The standard InChI is InChI=1S/5C5H11NO.C5H9NO.Ni/c6*7-6-4-2-1-3-5-6;/h5*7H,1-5H2;1-2,7H,3-5H2;/q;;;;;;+2. The summed E-state index contributed by atoms with van der Waals surface area (Å²) in [5.74, 6) is 0. The van der Waals surface area contributed by atoms with Crippen molar-refractivity contribution in [2.24, 2.45) is 0 Å². The molecule has 0 atom stereocenters. The van der Waals surface area contributed by atoms with E-state index in [0.29, 0.717) is 6.54 Å². The Kier molecular flexibility index (Phi) is 30.2. The molecule has 0 saturated carbocycles. The number of hydrogen-bond acceptors (Lipinski definition) is 12. The minimum absolute atomic E-state index is 0. The third kappa shape index (κ3) is 28.9. The first kappa shape index (κ1) is 42.8. The Labute approximate surface area is 271 Å². The van der Waals surface area contributed by atoms with Crippen LogP contribution in [0.3, 0.4) is 0 Å². The van der Waals surface area contributed by atoms with Crippen molar-refractivity contribution in [2.45, 2.75) is 103 Å². The largest absolute Gasteiger partial charge is 2.00 e. The molecule has 6 rings (SSSR count). The van der Waals surface area contributed by atoms with Gasteiger partial charge in [0.15, 0.2) is 0 Å². The SMILES string of the molecule is ON1CC=CCC1.ON1CCCCC1.ON1CCCCC1.ON1CCCCC1.ON1CCCCC1.ON1CCCCC1.[Ni+2]. The summed E-state index contributed by atoms with van der Waals surface area (Å²) >= 11 is 0. The van der Waals surface area contributed by atoms with Crippen LogP contribution in [0, 0.1) is 0 Å². The van der Waals surface area contributed by atoms with E-state index in [1.54, 1.807) is 0 Å². The molecule has 258 valence electrons. The van der Waals surface area contributed by atoms with Gasteiger partial charge >= 0.3 is 16.5 Å². The maximum absolute atomic E-state index is 8.74. The molecule has 0 aliphatic carbocycles. The molecule has 6 N–H and O–H groups in total. The van der Waals surface area contributed by atoms with Crippen molar-refractivity contribution in [1.82, 2.24) is 30.4 Å². The minimum Gasteiger partial charge on any atom is -0.314 e. The van der Waals surface area contributed by atoms with Crippen LogP contribution in [0.1, 0.15) is 103 Å². The second-order valence-corrected chi connectivity index (χ2v) is 11.7. The number of nitrogens with zero attached hydrogens (tertiary/aromatic N) is 6. The summed E-state index contributed by atoms with van der Waals surface area (Å²) in [5.41, 5.74) is 0. The predicted molar refractivity (Wildman–Crippen MR) is 163 cm³/mol. The van der Waals surface area contributed by atoms with Gasteiger partial charge in [0.25, 0.3) is 0 Å².